The van der Waals surface area contributed by atoms with Crippen molar-refractivity contribution >= 4 is 5.91 Å². The van der Waals surface area contributed by atoms with E-state index in [4.69, 9.17) is 9.47 Å². The fourth-order valence-electron chi connectivity index (χ4n) is 3.95. The topological polar surface area (TPSA) is 50.8 Å². The van der Waals surface area contributed by atoms with Gasteiger partial charge in [0.2, 0.25) is 5.91 Å². The molecule has 2 heterocycles. The van der Waals surface area contributed by atoms with Gasteiger partial charge in [-0.2, -0.15) is 0 Å². The van der Waals surface area contributed by atoms with Gasteiger partial charge in [-0.25, -0.2) is 0 Å². The van der Waals surface area contributed by atoms with Gasteiger partial charge in [0, 0.05) is 20.2 Å². The summed E-state index contributed by atoms with van der Waals surface area (Å²) in [6.07, 6.45) is 3.81. The molecule has 0 spiro atoms. The third-order valence-corrected chi connectivity index (χ3v) is 5.49. The molecule has 138 valence electrons. The molecule has 0 aliphatic carbocycles. The Bertz CT molecular complexity index is 530. The van der Waals surface area contributed by atoms with Crippen LogP contribution in [0.15, 0.2) is 30.3 Å². The van der Waals surface area contributed by atoms with Gasteiger partial charge >= 0.3 is 0 Å². The molecule has 0 bridgehead atoms. The zero-order valence-corrected chi connectivity index (χ0v) is 15.2. The first kappa shape index (κ1) is 18.4. The zero-order chi connectivity index (χ0) is 17.5. The Morgan fingerprint density at radius 3 is 2.52 bits per heavy atom. The summed E-state index contributed by atoms with van der Waals surface area (Å²) in [6, 6.07) is 10.3. The predicted octanol–water partition coefficient (Wildman–Crippen LogP) is 2.21. The second kappa shape index (κ2) is 8.79. The number of ether oxygens (including phenoxy) is 2. The lowest BCUT2D eigenvalue weighted by Gasteiger charge is -2.41. The Kier molecular flexibility index (Phi) is 6.45. The lowest BCUT2D eigenvalue weighted by Crippen LogP contribution is -2.53. The summed E-state index contributed by atoms with van der Waals surface area (Å²) in [5, 5.41) is 3.35. The molecule has 0 saturated carbocycles. The number of hydrogen-bond donors (Lipinski definition) is 1. The highest BCUT2D eigenvalue weighted by Crippen LogP contribution is 2.33. The SMILES string of the molecule is COCC1(C(=O)N2CCC(OCc3ccccc3)CC2)CCNCC1. The molecule has 5 heteroatoms. The average Bonchev–Trinajstić information content (AvgIpc) is 2.68. The summed E-state index contributed by atoms with van der Waals surface area (Å²) in [6.45, 7) is 4.54. The molecule has 2 saturated heterocycles. The molecular weight excluding hydrogens is 316 g/mol. The minimum absolute atomic E-state index is 0.246. The number of benzene rings is 1. The molecule has 5 nitrogen and oxygen atoms in total. The molecule has 1 aromatic rings. The number of nitrogens with one attached hydrogen (secondary N) is 1. The number of rotatable bonds is 6. The van der Waals surface area contributed by atoms with Crippen molar-refractivity contribution in [3.05, 3.63) is 35.9 Å². The maximum absolute atomic E-state index is 13.1. The summed E-state index contributed by atoms with van der Waals surface area (Å²) >= 11 is 0. The normalized spacial score (nSPS) is 21.2. The molecule has 1 N–H and O–H groups in total. The van der Waals surface area contributed by atoms with E-state index in [-0.39, 0.29) is 17.4 Å². The Morgan fingerprint density at radius 1 is 1.20 bits per heavy atom. The largest absolute Gasteiger partial charge is 0.384 e. The quantitative estimate of drug-likeness (QED) is 0.858. The van der Waals surface area contributed by atoms with Crippen molar-refractivity contribution in [3.8, 4) is 0 Å². The second-order valence-electron chi connectivity index (χ2n) is 7.25. The number of methoxy groups -OCH3 is 1. The molecular formula is C20H30N2O3. The summed E-state index contributed by atoms with van der Waals surface area (Å²) < 4.78 is 11.4. The molecule has 2 aliphatic heterocycles. The van der Waals surface area contributed by atoms with Crippen LogP contribution in [-0.4, -0.2) is 56.8 Å². The van der Waals surface area contributed by atoms with E-state index in [1.54, 1.807) is 7.11 Å². The molecule has 0 aromatic heterocycles. The number of amides is 1. The van der Waals surface area contributed by atoms with E-state index in [2.05, 4.69) is 17.4 Å². The van der Waals surface area contributed by atoms with Gasteiger partial charge in [-0.15, -0.1) is 0 Å². The van der Waals surface area contributed by atoms with Crippen molar-refractivity contribution in [1.29, 1.82) is 0 Å². The Hall–Kier alpha value is -1.43. The fourth-order valence-corrected chi connectivity index (χ4v) is 3.95. The van der Waals surface area contributed by atoms with Crippen molar-refractivity contribution in [2.75, 3.05) is 39.9 Å². The summed E-state index contributed by atoms with van der Waals surface area (Å²) in [5.41, 5.74) is 0.868. The van der Waals surface area contributed by atoms with Gasteiger partial charge in [-0.3, -0.25) is 4.79 Å². The lowest BCUT2D eigenvalue weighted by molar-refractivity contribution is -0.150. The van der Waals surface area contributed by atoms with Crippen LogP contribution in [0.1, 0.15) is 31.2 Å². The highest BCUT2D eigenvalue weighted by Gasteiger charge is 2.42. The van der Waals surface area contributed by atoms with Crippen LogP contribution in [0.3, 0.4) is 0 Å². The molecule has 0 atom stereocenters. The Labute approximate surface area is 150 Å². The predicted molar refractivity (Wildman–Crippen MR) is 97.2 cm³/mol. The van der Waals surface area contributed by atoms with Gasteiger partial charge in [0.1, 0.15) is 0 Å². The Balaban J connectivity index is 1.50. The molecule has 0 unspecified atom stereocenters. The first-order valence-electron chi connectivity index (χ1n) is 9.38. The van der Waals surface area contributed by atoms with E-state index in [0.29, 0.717) is 13.2 Å². The van der Waals surface area contributed by atoms with Crippen LogP contribution in [0.4, 0.5) is 0 Å². The minimum atomic E-state index is -0.336. The summed E-state index contributed by atoms with van der Waals surface area (Å²) in [7, 11) is 1.70. The van der Waals surface area contributed by atoms with Crippen LogP contribution in [0.2, 0.25) is 0 Å². The molecule has 1 amide bonds. The number of carbonyl (C=O) groups excluding carboxylic acids is 1. The molecule has 2 fully saturated rings. The maximum Gasteiger partial charge on any atom is 0.231 e. The standard InChI is InChI=1S/C20H30N2O3/c1-24-16-20(9-11-21-12-10-20)19(23)22-13-7-18(8-14-22)25-15-17-5-3-2-4-6-17/h2-6,18,21H,7-16H2,1H3. The zero-order valence-electron chi connectivity index (χ0n) is 15.2. The highest BCUT2D eigenvalue weighted by atomic mass is 16.5. The van der Waals surface area contributed by atoms with E-state index in [1.165, 1.54) is 5.56 Å². The number of piperidine rings is 2. The third kappa shape index (κ3) is 4.60. The van der Waals surface area contributed by atoms with Gasteiger partial charge < -0.3 is 19.7 Å². The maximum atomic E-state index is 13.1. The summed E-state index contributed by atoms with van der Waals surface area (Å²) in [5.74, 6) is 0.275. The van der Waals surface area contributed by atoms with E-state index >= 15 is 0 Å². The van der Waals surface area contributed by atoms with Crippen molar-refractivity contribution < 1.29 is 14.3 Å². The van der Waals surface area contributed by atoms with E-state index in [1.807, 2.05) is 23.1 Å². The third-order valence-electron chi connectivity index (χ3n) is 5.49. The van der Waals surface area contributed by atoms with Gasteiger partial charge in [0.15, 0.2) is 0 Å². The fraction of sp³-hybridized carbons (Fsp3) is 0.650. The highest BCUT2D eigenvalue weighted by molar-refractivity contribution is 5.83. The van der Waals surface area contributed by atoms with Crippen LogP contribution in [0.25, 0.3) is 0 Å². The molecule has 2 aliphatic rings. The molecule has 3 rings (SSSR count). The second-order valence-corrected chi connectivity index (χ2v) is 7.25. The van der Waals surface area contributed by atoms with E-state index in [0.717, 1.165) is 51.9 Å². The van der Waals surface area contributed by atoms with Crippen molar-refractivity contribution in [3.63, 3.8) is 0 Å². The number of nitrogens with zero attached hydrogens (tertiary/aromatic N) is 1. The van der Waals surface area contributed by atoms with Crippen molar-refractivity contribution in [2.45, 2.75) is 38.4 Å². The van der Waals surface area contributed by atoms with Crippen LogP contribution in [-0.2, 0) is 20.9 Å². The first-order chi connectivity index (χ1) is 12.2. The monoisotopic (exact) mass is 346 g/mol. The average molecular weight is 346 g/mol. The number of hydrogen-bond acceptors (Lipinski definition) is 4. The van der Waals surface area contributed by atoms with Crippen LogP contribution >= 0.6 is 0 Å². The molecule has 25 heavy (non-hydrogen) atoms. The van der Waals surface area contributed by atoms with Crippen molar-refractivity contribution in [2.24, 2.45) is 5.41 Å². The van der Waals surface area contributed by atoms with Crippen LogP contribution in [0, 0.1) is 5.41 Å². The lowest BCUT2D eigenvalue weighted by atomic mass is 9.78. The first-order valence-corrected chi connectivity index (χ1v) is 9.38. The van der Waals surface area contributed by atoms with E-state index in [9.17, 15) is 4.79 Å². The molecule has 1 aromatic carbocycles. The minimum Gasteiger partial charge on any atom is -0.384 e. The van der Waals surface area contributed by atoms with E-state index < -0.39 is 0 Å². The smallest absolute Gasteiger partial charge is 0.231 e. The van der Waals surface area contributed by atoms with Crippen LogP contribution in [0.5, 0.6) is 0 Å². The van der Waals surface area contributed by atoms with Crippen LogP contribution < -0.4 is 5.32 Å². The number of carbonyl (C=O) groups is 1. The Morgan fingerprint density at radius 2 is 1.88 bits per heavy atom. The summed E-state index contributed by atoms with van der Waals surface area (Å²) in [4.78, 5) is 15.2. The number of likely N-dealkylation sites (tertiary alicyclic amines) is 1. The van der Waals surface area contributed by atoms with Crippen molar-refractivity contribution in [1.82, 2.24) is 10.2 Å². The van der Waals surface area contributed by atoms with Gasteiger partial charge in [-0.1, -0.05) is 30.3 Å². The van der Waals surface area contributed by atoms with Gasteiger partial charge in [0.25, 0.3) is 0 Å². The molecule has 0 radical (unpaired) electrons. The van der Waals surface area contributed by atoms with Gasteiger partial charge in [-0.05, 0) is 44.3 Å². The van der Waals surface area contributed by atoms with Gasteiger partial charge in [0.05, 0.1) is 24.7 Å².